The van der Waals surface area contributed by atoms with Crippen molar-refractivity contribution in [3.63, 3.8) is 0 Å². The van der Waals surface area contributed by atoms with E-state index in [4.69, 9.17) is 12.3 Å². The average Bonchev–Trinajstić information content (AvgIpc) is 2.98. The number of para-hydroxylation sites is 2. The van der Waals surface area contributed by atoms with Gasteiger partial charge in [-0.2, -0.15) is 0 Å². The summed E-state index contributed by atoms with van der Waals surface area (Å²) in [6, 6.07) is 15.7. The highest BCUT2D eigenvalue weighted by molar-refractivity contribution is 6.22. The van der Waals surface area contributed by atoms with Gasteiger partial charge in [-0.15, -0.1) is 0 Å². The number of benzene rings is 2. The van der Waals surface area contributed by atoms with Crippen molar-refractivity contribution in [3.05, 3.63) is 60.7 Å². The molecule has 2 amide bonds. The molecular formula is C19H20N2O2. The Hall–Kier alpha value is -2.62. The standard InChI is InChI=1S/C19H20N2O2/c1-2-3-14-17-18(22)20(15-10-6-4-7-11-15)21(19(17)23)16-12-8-5-9-13-16/h4-13,17H,2-3,14H2,1H3/i1D3,2D2,3D2,14D2. The van der Waals surface area contributed by atoms with Crippen LogP contribution in [0, 0.1) is 5.92 Å². The Kier molecular flexibility index (Phi) is 2.25. The first-order valence-electron chi connectivity index (χ1n) is 11.4. The second-order valence-electron chi connectivity index (χ2n) is 4.80. The summed E-state index contributed by atoms with van der Waals surface area (Å²) in [6.45, 7) is -3.55. The molecule has 4 nitrogen and oxygen atoms in total. The van der Waals surface area contributed by atoms with Crippen LogP contribution in [0.4, 0.5) is 11.4 Å². The third-order valence-electron chi connectivity index (χ3n) is 3.39. The molecule has 2 aromatic rings. The second-order valence-corrected chi connectivity index (χ2v) is 4.80. The van der Waals surface area contributed by atoms with Gasteiger partial charge in [0.05, 0.1) is 11.4 Å². The number of anilines is 2. The van der Waals surface area contributed by atoms with Crippen LogP contribution in [-0.2, 0) is 9.59 Å². The maximum absolute atomic E-state index is 13.4. The summed E-state index contributed by atoms with van der Waals surface area (Å²) in [5.41, 5.74) is 0.403. The lowest BCUT2D eigenvalue weighted by atomic mass is 10.0. The minimum Gasteiger partial charge on any atom is -0.272 e. The fourth-order valence-electron chi connectivity index (χ4n) is 2.40. The van der Waals surface area contributed by atoms with Crippen LogP contribution in [0.15, 0.2) is 60.7 Å². The Morgan fingerprint density at radius 3 is 1.83 bits per heavy atom. The van der Waals surface area contributed by atoms with Gasteiger partial charge in [0.15, 0.2) is 0 Å². The molecule has 0 unspecified atom stereocenters. The van der Waals surface area contributed by atoms with Crippen molar-refractivity contribution < 1.29 is 21.9 Å². The zero-order valence-electron chi connectivity index (χ0n) is 21.1. The zero-order valence-corrected chi connectivity index (χ0v) is 12.1. The van der Waals surface area contributed by atoms with Gasteiger partial charge in [0, 0.05) is 12.3 Å². The zero-order chi connectivity index (χ0) is 24.1. The van der Waals surface area contributed by atoms with Gasteiger partial charge in [-0.3, -0.25) is 9.59 Å². The number of carbonyl (C=O) groups is 2. The van der Waals surface area contributed by atoms with E-state index in [1.165, 1.54) is 24.3 Å². The van der Waals surface area contributed by atoms with Gasteiger partial charge in [0.2, 0.25) is 0 Å². The molecule has 1 heterocycles. The Labute approximate surface area is 148 Å². The molecule has 0 saturated carbocycles. The molecule has 118 valence electrons. The van der Waals surface area contributed by atoms with Gasteiger partial charge < -0.3 is 0 Å². The van der Waals surface area contributed by atoms with Gasteiger partial charge in [-0.25, -0.2) is 10.0 Å². The SMILES string of the molecule is [2H]C([2H])([2H])C([2H])([2H])C([2H])([2H])C([2H])([2H])C1C(=O)N(c2ccccc2)N(c2ccccc2)C1=O. The Balaban J connectivity index is 2.17. The van der Waals surface area contributed by atoms with Crippen LogP contribution in [0.3, 0.4) is 0 Å². The molecule has 1 aliphatic heterocycles. The maximum atomic E-state index is 13.4. The summed E-state index contributed by atoms with van der Waals surface area (Å²) >= 11 is 0. The van der Waals surface area contributed by atoms with Crippen LogP contribution in [0.2, 0.25) is 0 Å². The number of rotatable bonds is 5. The van der Waals surface area contributed by atoms with Gasteiger partial charge in [-0.1, -0.05) is 56.0 Å². The van der Waals surface area contributed by atoms with Crippen LogP contribution in [0.5, 0.6) is 0 Å². The van der Waals surface area contributed by atoms with E-state index < -0.39 is 43.7 Å². The van der Waals surface area contributed by atoms with Crippen molar-refractivity contribution in [3.8, 4) is 0 Å². The molecule has 0 radical (unpaired) electrons. The number of carbonyl (C=O) groups excluding carboxylic acids is 2. The normalized spacial score (nSPS) is 23.7. The van der Waals surface area contributed by atoms with E-state index in [2.05, 4.69) is 0 Å². The quantitative estimate of drug-likeness (QED) is 0.787. The van der Waals surface area contributed by atoms with Gasteiger partial charge >= 0.3 is 0 Å². The Bertz CT molecular complexity index is 953. The summed E-state index contributed by atoms with van der Waals surface area (Å²) in [4.78, 5) is 26.7. The Morgan fingerprint density at radius 2 is 1.39 bits per heavy atom. The van der Waals surface area contributed by atoms with Gasteiger partial charge in [0.1, 0.15) is 5.92 Å². The molecule has 23 heavy (non-hydrogen) atoms. The van der Waals surface area contributed by atoms with E-state index in [0.29, 0.717) is 0 Å². The first-order valence-corrected chi connectivity index (χ1v) is 6.94. The van der Waals surface area contributed by atoms with Crippen LogP contribution >= 0.6 is 0 Å². The fraction of sp³-hybridized carbons (Fsp3) is 0.263. The Morgan fingerprint density at radius 1 is 0.913 bits per heavy atom. The smallest absolute Gasteiger partial charge is 0.258 e. The van der Waals surface area contributed by atoms with Crippen LogP contribution in [-0.4, -0.2) is 11.8 Å². The summed E-state index contributed by atoms with van der Waals surface area (Å²) in [5, 5.41) is 1.78. The number of hydrogen-bond acceptors (Lipinski definition) is 2. The van der Waals surface area contributed by atoms with E-state index in [-0.39, 0.29) is 11.4 Å². The molecular weight excluding hydrogens is 288 g/mol. The van der Waals surface area contributed by atoms with Gasteiger partial charge in [0.25, 0.3) is 11.8 Å². The van der Waals surface area contributed by atoms with Crippen LogP contribution < -0.4 is 10.0 Å². The van der Waals surface area contributed by atoms with Crippen molar-refractivity contribution in [2.45, 2.75) is 26.0 Å². The average molecular weight is 317 g/mol. The molecule has 4 heteroatoms. The third kappa shape index (κ3) is 2.84. The second kappa shape index (κ2) is 6.65. The van der Waals surface area contributed by atoms with Crippen molar-refractivity contribution in [2.75, 3.05) is 10.0 Å². The summed E-state index contributed by atoms with van der Waals surface area (Å²) < 4.78 is 70.5. The summed E-state index contributed by atoms with van der Waals surface area (Å²) in [6.07, 6.45) is -10.9. The number of amides is 2. The van der Waals surface area contributed by atoms with Crippen molar-refractivity contribution in [2.24, 2.45) is 5.92 Å². The monoisotopic (exact) mass is 317 g/mol. The number of hydrazine groups is 1. The first kappa shape index (κ1) is 7.77. The fourth-order valence-corrected chi connectivity index (χ4v) is 2.40. The van der Waals surface area contributed by atoms with E-state index in [0.717, 1.165) is 10.0 Å². The lowest BCUT2D eigenvalue weighted by Crippen LogP contribution is -2.41. The molecule has 0 N–H and O–H groups in total. The van der Waals surface area contributed by atoms with Crippen LogP contribution in [0.25, 0.3) is 0 Å². The molecule has 3 rings (SSSR count). The van der Waals surface area contributed by atoms with E-state index in [1.54, 1.807) is 36.4 Å². The molecule has 0 aliphatic carbocycles. The molecule has 0 atom stereocenters. The predicted octanol–water partition coefficient (Wildman–Crippen LogP) is 3.79. The maximum Gasteiger partial charge on any atom is 0.258 e. The summed E-state index contributed by atoms with van der Waals surface area (Å²) in [7, 11) is 0. The molecule has 2 aromatic carbocycles. The molecule has 1 fully saturated rings. The number of hydrogen-bond donors (Lipinski definition) is 0. The largest absolute Gasteiger partial charge is 0.272 e. The minimum absolute atomic E-state index is 0.201. The summed E-state index contributed by atoms with van der Waals surface area (Å²) in [5.74, 6) is -4.60. The van der Waals surface area contributed by atoms with Gasteiger partial charge in [-0.05, 0) is 30.6 Å². The lowest BCUT2D eigenvalue weighted by Gasteiger charge is -2.27. The third-order valence-corrected chi connectivity index (χ3v) is 3.39. The van der Waals surface area contributed by atoms with E-state index in [1.807, 2.05) is 0 Å². The number of nitrogens with zero attached hydrogens (tertiary/aromatic N) is 2. The van der Waals surface area contributed by atoms with E-state index >= 15 is 0 Å². The highest BCUT2D eigenvalue weighted by Gasteiger charge is 2.46. The molecule has 0 bridgehead atoms. The van der Waals surface area contributed by atoms with Crippen molar-refractivity contribution in [1.82, 2.24) is 0 Å². The van der Waals surface area contributed by atoms with Crippen molar-refractivity contribution >= 4 is 23.2 Å². The van der Waals surface area contributed by atoms with E-state index in [9.17, 15) is 9.59 Å². The predicted molar refractivity (Wildman–Crippen MR) is 90.9 cm³/mol. The first-order chi connectivity index (χ1) is 14.7. The van der Waals surface area contributed by atoms with Crippen LogP contribution in [0.1, 0.15) is 38.3 Å². The highest BCUT2D eigenvalue weighted by atomic mass is 16.2. The topological polar surface area (TPSA) is 40.6 Å². The lowest BCUT2D eigenvalue weighted by molar-refractivity contribution is -0.127. The molecule has 1 saturated heterocycles. The van der Waals surface area contributed by atoms with Crippen molar-refractivity contribution in [1.29, 1.82) is 0 Å². The molecule has 0 aromatic heterocycles. The molecule has 0 spiro atoms. The molecule has 1 aliphatic rings. The highest BCUT2D eigenvalue weighted by Crippen LogP contribution is 2.33. The minimum atomic E-state index is -3.73.